The minimum Gasteiger partial charge on any atom is -0.493 e. The van der Waals surface area contributed by atoms with E-state index in [0.717, 1.165) is 37.8 Å². The molecule has 8 heteroatoms. The van der Waals surface area contributed by atoms with Crippen molar-refractivity contribution in [1.82, 2.24) is 4.90 Å². The highest BCUT2D eigenvalue weighted by Gasteiger charge is 2.36. The second kappa shape index (κ2) is 9.49. The third kappa shape index (κ3) is 5.31. The van der Waals surface area contributed by atoms with E-state index in [0.29, 0.717) is 18.0 Å². The van der Waals surface area contributed by atoms with Crippen LogP contribution in [0.4, 0.5) is 10.5 Å². The number of carbonyl (C=O) groups is 3. The van der Waals surface area contributed by atoms with Crippen LogP contribution in [0.1, 0.15) is 23.6 Å². The van der Waals surface area contributed by atoms with Crippen LogP contribution in [-0.2, 0) is 9.59 Å². The Morgan fingerprint density at radius 2 is 1.87 bits per heavy atom. The van der Waals surface area contributed by atoms with Crippen LogP contribution in [-0.4, -0.2) is 35.1 Å². The monoisotopic (exact) mass is 488 g/mol. The fourth-order valence-electron chi connectivity index (χ4n) is 3.06. The van der Waals surface area contributed by atoms with Gasteiger partial charge < -0.3 is 10.1 Å². The number of hydrogen-bond donors (Lipinski definition) is 1. The van der Waals surface area contributed by atoms with Gasteiger partial charge in [-0.1, -0.05) is 12.1 Å². The van der Waals surface area contributed by atoms with Gasteiger partial charge in [-0.25, -0.2) is 0 Å². The zero-order valence-electron chi connectivity index (χ0n) is 16.8. The maximum atomic E-state index is 12.7. The third-order valence-electron chi connectivity index (χ3n) is 4.23. The van der Waals surface area contributed by atoms with Gasteiger partial charge in [0, 0.05) is 5.69 Å². The van der Waals surface area contributed by atoms with Gasteiger partial charge in [0.25, 0.3) is 11.1 Å². The molecule has 1 aliphatic heterocycles. The van der Waals surface area contributed by atoms with Crippen molar-refractivity contribution in [2.45, 2.75) is 20.8 Å². The summed E-state index contributed by atoms with van der Waals surface area (Å²) in [7, 11) is 0. The number of halogens is 1. The Morgan fingerprint density at radius 1 is 1.17 bits per heavy atom. The van der Waals surface area contributed by atoms with Gasteiger partial charge in [0.1, 0.15) is 12.3 Å². The number of hydrogen-bond acceptors (Lipinski definition) is 5. The zero-order valence-corrected chi connectivity index (χ0v) is 19.2. The number of ether oxygens (including phenoxy) is 1. The smallest absolute Gasteiger partial charge is 0.294 e. The molecule has 0 radical (unpaired) electrons. The zero-order chi connectivity index (χ0) is 21.8. The first-order valence-electron chi connectivity index (χ1n) is 9.32. The molecule has 0 saturated carbocycles. The Labute approximate surface area is 187 Å². The standard InChI is InChI=1S/C22H21BrN2O4S/c1-4-29-18-6-5-15(10-17(18)23)11-19-21(27)25(22(28)30-19)12-20(26)24-16-8-13(2)7-14(3)9-16/h5-11H,4,12H2,1-3H3,(H,24,26)/b19-11-. The van der Waals surface area contributed by atoms with E-state index in [9.17, 15) is 14.4 Å². The summed E-state index contributed by atoms with van der Waals surface area (Å²) >= 11 is 4.26. The normalized spacial score (nSPS) is 15.1. The fraction of sp³-hybridized carbons (Fsp3) is 0.227. The third-order valence-corrected chi connectivity index (χ3v) is 5.76. The van der Waals surface area contributed by atoms with E-state index in [2.05, 4.69) is 21.2 Å². The highest BCUT2D eigenvalue weighted by molar-refractivity contribution is 9.10. The first kappa shape index (κ1) is 22.1. The highest BCUT2D eigenvalue weighted by atomic mass is 79.9. The molecule has 0 aliphatic carbocycles. The Hall–Kier alpha value is -2.58. The number of benzene rings is 2. The molecule has 3 amide bonds. The van der Waals surface area contributed by atoms with Crippen LogP contribution in [0.3, 0.4) is 0 Å². The summed E-state index contributed by atoms with van der Waals surface area (Å²) in [5.41, 5.74) is 3.41. The van der Waals surface area contributed by atoms with E-state index in [1.807, 2.05) is 45.0 Å². The number of nitrogens with zero attached hydrogens (tertiary/aromatic N) is 1. The van der Waals surface area contributed by atoms with E-state index in [4.69, 9.17) is 4.74 Å². The molecule has 0 atom stereocenters. The molecule has 2 aromatic carbocycles. The van der Waals surface area contributed by atoms with Crippen LogP contribution in [0.25, 0.3) is 6.08 Å². The van der Waals surface area contributed by atoms with E-state index in [-0.39, 0.29) is 11.4 Å². The van der Waals surface area contributed by atoms with Crippen molar-refractivity contribution >= 4 is 56.5 Å². The van der Waals surface area contributed by atoms with Crippen molar-refractivity contribution in [1.29, 1.82) is 0 Å². The molecule has 1 fully saturated rings. The minimum absolute atomic E-state index is 0.273. The lowest BCUT2D eigenvalue weighted by atomic mass is 10.1. The quantitative estimate of drug-likeness (QED) is 0.569. The number of amides is 3. The summed E-state index contributed by atoms with van der Waals surface area (Å²) in [5, 5.41) is 2.28. The molecule has 0 spiro atoms. The van der Waals surface area contributed by atoms with Gasteiger partial charge in [0.15, 0.2) is 0 Å². The van der Waals surface area contributed by atoms with Crippen LogP contribution in [0.5, 0.6) is 5.75 Å². The predicted molar refractivity (Wildman–Crippen MR) is 123 cm³/mol. The first-order chi connectivity index (χ1) is 14.3. The van der Waals surface area contributed by atoms with Crippen molar-refractivity contribution in [2.75, 3.05) is 18.5 Å². The maximum absolute atomic E-state index is 12.7. The molecular weight excluding hydrogens is 468 g/mol. The molecule has 0 unspecified atom stereocenters. The van der Waals surface area contributed by atoms with Crippen LogP contribution in [0, 0.1) is 13.8 Å². The Kier molecular flexibility index (Phi) is 6.99. The molecule has 156 valence electrons. The van der Waals surface area contributed by atoms with Gasteiger partial charge >= 0.3 is 0 Å². The number of nitrogens with one attached hydrogen (secondary N) is 1. The van der Waals surface area contributed by atoms with Crippen molar-refractivity contribution < 1.29 is 19.1 Å². The molecule has 30 heavy (non-hydrogen) atoms. The topological polar surface area (TPSA) is 75.7 Å². The second-order valence-corrected chi connectivity index (χ2v) is 8.66. The Balaban J connectivity index is 1.70. The summed E-state index contributed by atoms with van der Waals surface area (Å²) in [5.74, 6) is -0.205. The number of thioether (sulfide) groups is 1. The largest absolute Gasteiger partial charge is 0.493 e. The van der Waals surface area contributed by atoms with Crippen LogP contribution in [0.15, 0.2) is 45.8 Å². The van der Waals surface area contributed by atoms with Gasteiger partial charge in [0.05, 0.1) is 16.0 Å². The van der Waals surface area contributed by atoms with Gasteiger partial charge in [0.2, 0.25) is 5.91 Å². The number of anilines is 1. The van der Waals surface area contributed by atoms with E-state index in [1.54, 1.807) is 18.2 Å². The van der Waals surface area contributed by atoms with Gasteiger partial charge in [-0.05, 0) is 95.5 Å². The average Bonchev–Trinajstić information content (AvgIpc) is 2.90. The van der Waals surface area contributed by atoms with Crippen molar-refractivity contribution in [3.8, 4) is 5.75 Å². The molecule has 1 aliphatic rings. The van der Waals surface area contributed by atoms with Crippen LogP contribution >= 0.6 is 27.7 Å². The summed E-state index contributed by atoms with van der Waals surface area (Å²) in [6.07, 6.45) is 1.63. The van der Waals surface area contributed by atoms with Crippen molar-refractivity contribution in [3.05, 3.63) is 62.5 Å². The summed E-state index contributed by atoms with van der Waals surface area (Å²) < 4.78 is 6.23. The highest BCUT2D eigenvalue weighted by Crippen LogP contribution is 2.33. The van der Waals surface area contributed by atoms with E-state index < -0.39 is 17.1 Å². The molecule has 3 rings (SSSR count). The summed E-state index contributed by atoms with van der Waals surface area (Å²) in [6.45, 7) is 5.97. The van der Waals surface area contributed by atoms with Crippen molar-refractivity contribution in [2.24, 2.45) is 0 Å². The number of carbonyl (C=O) groups excluding carboxylic acids is 3. The predicted octanol–water partition coefficient (Wildman–Crippen LogP) is 5.14. The second-order valence-electron chi connectivity index (χ2n) is 6.82. The van der Waals surface area contributed by atoms with Crippen molar-refractivity contribution in [3.63, 3.8) is 0 Å². The molecule has 0 bridgehead atoms. The van der Waals surface area contributed by atoms with E-state index >= 15 is 0 Å². The Bertz CT molecular complexity index is 1030. The van der Waals surface area contributed by atoms with Gasteiger partial charge in [-0.3, -0.25) is 19.3 Å². The molecule has 2 aromatic rings. The average molecular weight is 489 g/mol. The molecular formula is C22H21BrN2O4S. The lowest BCUT2D eigenvalue weighted by Crippen LogP contribution is -2.36. The maximum Gasteiger partial charge on any atom is 0.294 e. The van der Waals surface area contributed by atoms with E-state index in [1.165, 1.54) is 0 Å². The Morgan fingerprint density at radius 3 is 2.50 bits per heavy atom. The minimum atomic E-state index is -0.481. The summed E-state index contributed by atoms with van der Waals surface area (Å²) in [4.78, 5) is 38.6. The molecule has 6 nitrogen and oxygen atoms in total. The summed E-state index contributed by atoms with van der Waals surface area (Å²) in [6, 6.07) is 11.1. The lowest BCUT2D eigenvalue weighted by molar-refractivity contribution is -0.127. The van der Waals surface area contributed by atoms with Crippen LogP contribution < -0.4 is 10.1 Å². The first-order valence-corrected chi connectivity index (χ1v) is 10.9. The van der Waals surface area contributed by atoms with Gasteiger partial charge in [-0.15, -0.1) is 0 Å². The molecule has 1 saturated heterocycles. The van der Waals surface area contributed by atoms with Crippen LogP contribution in [0.2, 0.25) is 0 Å². The number of rotatable bonds is 6. The van der Waals surface area contributed by atoms with Gasteiger partial charge in [-0.2, -0.15) is 0 Å². The number of aryl methyl sites for hydroxylation is 2. The lowest BCUT2D eigenvalue weighted by Gasteiger charge is -2.13. The molecule has 1 heterocycles. The SMILES string of the molecule is CCOc1ccc(/C=C2\SC(=O)N(CC(=O)Nc3cc(C)cc(C)c3)C2=O)cc1Br. The fourth-order valence-corrected chi connectivity index (χ4v) is 4.41. The molecule has 1 N–H and O–H groups in total. The molecule has 0 aromatic heterocycles. The number of imide groups is 1.